The van der Waals surface area contributed by atoms with Gasteiger partial charge in [0.25, 0.3) is 0 Å². The fourth-order valence-corrected chi connectivity index (χ4v) is 1.59. The Kier molecular flexibility index (Phi) is 3.89. The minimum atomic E-state index is -1.37. The first-order valence-electron chi connectivity index (χ1n) is 5.67. The maximum Gasteiger partial charge on any atom is 0.342 e. The van der Waals surface area contributed by atoms with Crippen LogP contribution in [0.2, 0.25) is 0 Å². The first-order valence-corrected chi connectivity index (χ1v) is 5.67. The van der Waals surface area contributed by atoms with Crippen molar-refractivity contribution in [3.05, 3.63) is 46.4 Å². The van der Waals surface area contributed by atoms with Crippen LogP contribution in [-0.4, -0.2) is 37.3 Å². The molecule has 2 aromatic heterocycles. The largest absolute Gasteiger partial charge is 0.477 e. The van der Waals surface area contributed by atoms with E-state index in [0.29, 0.717) is 13.1 Å². The molecule has 0 saturated carbocycles. The van der Waals surface area contributed by atoms with Crippen molar-refractivity contribution >= 4 is 17.5 Å². The van der Waals surface area contributed by atoms with Gasteiger partial charge in [-0.05, 0) is 6.07 Å². The van der Waals surface area contributed by atoms with Gasteiger partial charge in [-0.3, -0.25) is 14.8 Å². The zero-order valence-electron chi connectivity index (χ0n) is 10.3. The van der Waals surface area contributed by atoms with Crippen LogP contribution in [0.15, 0.2) is 30.7 Å². The van der Waals surface area contributed by atoms with Crippen molar-refractivity contribution in [3.8, 4) is 0 Å². The number of nitrogens with one attached hydrogen (secondary N) is 1. The molecule has 0 spiro atoms. The number of hydrogen-bond donors (Lipinski definition) is 2. The number of nitrogens with zero attached hydrogens (tertiary/aromatic N) is 4. The molecule has 0 fully saturated rings. The summed E-state index contributed by atoms with van der Waals surface area (Å²) in [6, 6.07) is 2.93. The second-order valence-corrected chi connectivity index (χ2v) is 3.84. The van der Waals surface area contributed by atoms with E-state index in [2.05, 4.69) is 15.4 Å². The SMILES string of the molecule is O=C(O)c1cc(NCCn2cccn2)ncc1[N+](=O)[O-]. The van der Waals surface area contributed by atoms with E-state index in [0.717, 1.165) is 12.3 Å². The maximum atomic E-state index is 11.0. The van der Waals surface area contributed by atoms with Gasteiger partial charge in [-0.15, -0.1) is 0 Å². The third-order valence-electron chi connectivity index (χ3n) is 2.52. The van der Waals surface area contributed by atoms with Crippen LogP contribution >= 0.6 is 0 Å². The molecule has 2 N–H and O–H groups in total. The Morgan fingerprint density at radius 3 is 2.95 bits per heavy atom. The summed E-state index contributed by atoms with van der Waals surface area (Å²) < 4.78 is 1.69. The van der Waals surface area contributed by atoms with Gasteiger partial charge in [0.05, 0.1) is 11.5 Å². The van der Waals surface area contributed by atoms with Crippen LogP contribution in [0, 0.1) is 10.1 Å². The summed E-state index contributed by atoms with van der Waals surface area (Å²) >= 11 is 0. The molecule has 9 heteroatoms. The van der Waals surface area contributed by atoms with Gasteiger partial charge in [0.1, 0.15) is 17.6 Å². The van der Waals surface area contributed by atoms with Crippen LogP contribution in [-0.2, 0) is 6.54 Å². The van der Waals surface area contributed by atoms with E-state index in [1.165, 1.54) is 0 Å². The average molecular weight is 277 g/mol. The molecule has 2 rings (SSSR count). The lowest BCUT2D eigenvalue weighted by atomic mass is 10.2. The smallest absolute Gasteiger partial charge is 0.342 e. The Morgan fingerprint density at radius 2 is 2.35 bits per heavy atom. The fourth-order valence-electron chi connectivity index (χ4n) is 1.59. The van der Waals surface area contributed by atoms with Crippen molar-refractivity contribution in [2.45, 2.75) is 6.54 Å². The molecule has 0 aromatic carbocycles. The number of aromatic carboxylic acids is 1. The number of carboxylic acid groups (broad SMARTS) is 1. The zero-order chi connectivity index (χ0) is 14.5. The van der Waals surface area contributed by atoms with Gasteiger partial charge in [0.15, 0.2) is 0 Å². The van der Waals surface area contributed by atoms with Gasteiger partial charge in [-0.2, -0.15) is 5.10 Å². The summed E-state index contributed by atoms with van der Waals surface area (Å²) in [5.74, 6) is -1.10. The number of carboxylic acids is 1. The number of aromatic nitrogens is 3. The highest BCUT2D eigenvalue weighted by Crippen LogP contribution is 2.20. The Bertz CT molecular complexity index is 626. The standard InChI is InChI=1S/C11H11N5O4/c17-11(18)8-6-10(13-7-9(8)16(19)20)12-3-5-15-4-1-2-14-15/h1-2,4,6-7H,3,5H2,(H,12,13)(H,17,18). The molecule has 104 valence electrons. The first kappa shape index (κ1) is 13.5. The summed E-state index contributed by atoms with van der Waals surface area (Å²) in [6.45, 7) is 1.03. The second kappa shape index (κ2) is 5.78. The maximum absolute atomic E-state index is 11.0. The lowest BCUT2D eigenvalue weighted by Crippen LogP contribution is -2.12. The van der Waals surface area contributed by atoms with E-state index in [1.54, 1.807) is 23.1 Å². The number of rotatable bonds is 6. The number of anilines is 1. The first-order chi connectivity index (χ1) is 9.58. The molecule has 0 saturated heterocycles. The van der Waals surface area contributed by atoms with Gasteiger partial charge in [-0.25, -0.2) is 9.78 Å². The average Bonchev–Trinajstić information content (AvgIpc) is 2.91. The van der Waals surface area contributed by atoms with Crippen LogP contribution < -0.4 is 5.32 Å². The van der Waals surface area contributed by atoms with Gasteiger partial charge in [0.2, 0.25) is 0 Å². The van der Waals surface area contributed by atoms with Crippen molar-refractivity contribution in [2.75, 3.05) is 11.9 Å². The minimum absolute atomic E-state index is 0.264. The summed E-state index contributed by atoms with van der Waals surface area (Å²) in [5, 5.41) is 26.5. The Balaban J connectivity index is 2.07. The quantitative estimate of drug-likeness (QED) is 0.596. The Morgan fingerprint density at radius 1 is 1.55 bits per heavy atom. The van der Waals surface area contributed by atoms with E-state index in [1.807, 2.05) is 0 Å². The highest BCUT2D eigenvalue weighted by molar-refractivity contribution is 5.93. The molecule has 0 amide bonds. The van der Waals surface area contributed by atoms with Gasteiger partial charge in [0, 0.05) is 25.0 Å². The number of hydrogen-bond acceptors (Lipinski definition) is 6. The number of carbonyl (C=O) groups is 1. The van der Waals surface area contributed by atoms with E-state index < -0.39 is 22.1 Å². The highest BCUT2D eigenvalue weighted by atomic mass is 16.6. The molecule has 2 aromatic rings. The summed E-state index contributed by atoms with van der Waals surface area (Å²) in [7, 11) is 0. The van der Waals surface area contributed by atoms with Gasteiger partial charge < -0.3 is 10.4 Å². The lowest BCUT2D eigenvalue weighted by molar-refractivity contribution is -0.385. The Hall–Kier alpha value is -2.97. The molecule has 9 nitrogen and oxygen atoms in total. The molecule has 0 aliphatic heterocycles. The number of pyridine rings is 1. The second-order valence-electron chi connectivity index (χ2n) is 3.84. The summed E-state index contributed by atoms with van der Waals surface area (Å²) in [6.07, 6.45) is 4.36. The molecule has 0 radical (unpaired) electrons. The molecule has 20 heavy (non-hydrogen) atoms. The summed E-state index contributed by atoms with van der Waals surface area (Å²) in [5.41, 5.74) is -0.929. The van der Waals surface area contributed by atoms with Crippen LogP contribution in [0.3, 0.4) is 0 Å². The third-order valence-corrected chi connectivity index (χ3v) is 2.52. The monoisotopic (exact) mass is 277 g/mol. The van der Waals surface area contributed by atoms with E-state index in [-0.39, 0.29) is 5.82 Å². The molecule has 2 heterocycles. The number of nitro groups is 1. The third kappa shape index (κ3) is 3.07. The van der Waals surface area contributed by atoms with Crippen molar-refractivity contribution in [3.63, 3.8) is 0 Å². The van der Waals surface area contributed by atoms with Crippen LogP contribution in [0.5, 0.6) is 0 Å². The van der Waals surface area contributed by atoms with Crippen LogP contribution in [0.1, 0.15) is 10.4 Å². The normalized spacial score (nSPS) is 10.2. The molecule has 0 atom stereocenters. The minimum Gasteiger partial charge on any atom is -0.477 e. The predicted octanol–water partition coefficient (Wildman–Crippen LogP) is 0.997. The molecule has 0 aliphatic carbocycles. The molecular formula is C11H11N5O4. The van der Waals surface area contributed by atoms with Crippen LogP contribution in [0.25, 0.3) is 0 Å². The van der Waals surface area contributed by atoms with Gasteiger partial charge >= 0.3 is 11.7 Å². The Labute approximate surface area is 113 Å². The van der Waals surface area contributed by atoms with E-state index >= 15 is 0 Å². The summed E-state index contributed by atoms with van der Waals surface area (Å²) in [4.78, 5) is 24.7. The van der Waals surface area contributed by atoms with Crippen molar-refractivity contribution in [1.29, 1.82) is 0 Å². The van der Waals surface area contributed by atoms with Crippen molar-refractivity contribution < 1.29 is 14.8 Å². The molecule has 0 aliphatic rings. The van der Waals surface area contributed by atoms with Crippen LogP contribution in [0.4, 0.5) is 11.5 Å². The molecule has 0 unspecified atom stereocenters. The highest BCUT2D eigenvalue weighted by Gasteiger charge is 2.20. The van der Waals surface area contributed by atoms with E-state index in [4.69, 9.17) is 5.11 Å². The van der Waals surface area contributed by atoms with Gasteiger partial charge in [-0.1, -0.05) is 0 Å². The lowest BCUT2D eigenvalue weighted by Gasteiger charge is -2.06. The van der Waals surface area contributed by atoms with Crippen molar-refractivity contribution in [2.24, 2.45) is 0 Å². The molecule has 0 bridgehead atoms. The zero-order valence-corrected chi connectivity index (χ0v) is 10.3. The molecular weight excluding hydrogens is 266 g/mol. The fraction of sp³-hybridized carbons (Fsp3) is 0.182. The van der Waals surface area contributed by atoms with Crippen molar-refractivity contribution in [1.82, 2.24) is 14.8 Å². The topological polar surface area (TPSA) is 123 Å². The van der Waals surface area contributed by atoms with E-state index in [9.17, 15) is 14.9 Å². The predicted molar refractivity (Wildman–Crippen MR) is 68.6 cm³/mol.